The Balaban J connectivity index is 1.62. The van der Waals surface area contributed by atoms with Gasteiger partial charge >= 0.3 is 0 Å². The number of rotatable bonds is 6. The summed E-state index contributed by atoms with van der Waals surface area (Å²) in [5.74, 6) is 0.792. The molecule has 2 rings (SSSR count). The molecule has 1 amide bonds. The van der Waals surface area contributed by atoms with Gasteiger partial charge in [-0.25, -0.2) is 0 Å². The van der Waals surface area contributed by atoms with Gasteiger partial charge in [0.15, 0.2) is 0 Å². The van der Waals surface area contributed by atoms with Crippen molar-refractivity contribution in [3.8, 4) is 0 Å². The monoisotopic (exact) mass is 260 g/mol. The van der Waals surface area contributed by atoms with Gasteiger partial charge in [0.05, 0.1) is 6.54 Å². The Morgan fingerprint density at radius 1 is 1.26 bits per heavy atom. The Morgan fingerprint density at radius 2 is 1.95 bits per heavy atom. The first-order valence-corrected chi connectivity index (χ1v) is 7.31. The molecule has 1 heterocycles. The van der Waals surface area contributed by atoms with Crippen LogP contribution in [0.5, 0.6) is 0 Å². The summed E-state index contributed by atoms with van der Waals surface area (Å²) in [4.78, 5) is 13.8. The standard InChI is InChI=1S/C16H24N2O/c1-14(15-7-3-2-4-8-15)9-10-17-13-16(19)18-11-5-6-12-18/h2-4,7-8,14,17H,5-6,9-13H2,1H3. The summed E-state index contributed by atoms with van der Waals surface area (Å²) in [6.07, 6.45) is 3.39. The van der Waals surface area contributed by atoms with Crippen LogP contribution in [-0.2, 0) is 4.79 Å². The molecular formula is C16H24N2O. The van der Waals surface area contributed by atoms with Crippen molar-refractivity contribution in [1.82, 2.24) is 10.2 Å². The van der Waals surface area contributed by atoms with Crippen molar-refractivity contribution in [3.63, 3.8) is 0 Å². The second-order valence-electron chi connectivity index (χ2n) is 5.37. The molecule has 0 aliphatic carbocycles. The molecule has 1 atom stereocenters. The fourth-order valence-corrected chi connectivity index (χ4v) is 2.54. The van der Waals surface area contributed by atoms with E-state index in [1.807, 2.05) is 11.0 Å². The molecule has 0 saturated carbocycles. The second-order valence-corrected chi connectivity index (χ2v) is 5.37. The zero-order chi connectivity index (χ0) is 13.5. The molecule has 1 aromatic carbocycles. The van der Waals surface area contributed by atoms with Crippen molar-refractivity contribution in [3.05, 3.63) is 35.9 Å². The van der Waals surface area contributed by atoms with E-state index in [4.69, 9.17) is 0 Å². The van der Waals surface area contributed by atoms with E-state index in [0.29, 0.717) is 12.5 Å². The van der Waals surface area contributed by atoms with Gasteiger partial charge in [-0.05, 0) is 37.3 Å². The van der Waals surface area contributed by atoms with Crippen LogP contribution in [0, 0.1) is 0 Å². The number of nitrogens with zero attached hydrogens (tertiary/aromatic N) is 1. The third-order valence-corrected chi connectivity index (χ3v) is 3.86. The molecule has 1 fully saturated rings. The number of benzene rings is 1. The lowest BCUT2D eigenvalue weighted by molar-refractivity contribution is -0.129. The number of carbonyl (C=O) groups is 1. The average molecular weight is 260 g/mol. The SMILES string of the molecule is CC(CCNCC(=O)N1CCCC1)c1ccccc1. The lowest BCUT2D eigenvalue weighted by Crippen LogP contribution is -2.36. The Kier molecular flexibility index (Phi) is 5.40. The van der Waals surface area contributed by atoms with Crippen LogP contribution in [0.2, 0.25) is 0 Å². The van der Waals surface area contributed by atoms with Gasteiger partial charge in [-0.2, -0.15) is 0 Å². The molecule has 0 bridgehead atoms. The van der Waals surface area contributed by atoms with E-state index in [0.717, 1.165) is 38.9 Å². The molecule has 0 radical (unpaired) electrons. The molecule has 104 valence electrons. The number of nitrogens with one attached hydrogen (secondary N) is 1. The molecule has 0 spiro atoms. The number of amides is 1. The number of hydrogen-bond donors (Lipinski definition) is 1. The summed E-state index contributed by atoms with van der Waals surface area (Å²) in [5.41, 5.74) is 1.37. The average Bonchev–Trinajstić information content (AvgIpc) is 2.98. The quantitative estimate of drug-likeness (QED) is 0.797. The highest BCUT2D eigenvalue weighted by molar-refractivity contribution is 5.78. The zero-order valence-electron chi connectivity index (χ0n) is 11.8. The third-order valence-electron chi connectivity index (χ3n) is 3.86. The van der Waals surface area contributed by atoms with Gasteiger partial charge in [0.2, 0.25) is 5.91 Å². The normalized spacial score (nSPS) is 16.6. The van der Waals surface area contributed by atoms with Gasteiger partial charge in [-0.3, -0.25) is 4.79 Å². The van der Waals surface area contributed by atoms with E-state index in [-0.39, 0.29) is 5.91 Å². The van der Waals surface area contributed by atoms with Crippen molar-refractivity contribution in [2.75, 3.05) is 26.2 Å². The smallest absolute Gasteiger partial charge is 0.236 e. The maximum Gasteiger partial charge on any atom is 0.236 e. The summed E-state index contributed by atoms with van der Waals surface area (Å²) in [5, 5.41) is 3.27. The first-order valence-electron chi connectivity index (χ1n) is 7.31. The highest BCUT2D eigenvalue weighted by Gasteiger charge is 2.16. The van der Waals surface area contributed by atoms with E-state index in [9.17, 15) is 4.79 Å². The molecule has 1 aromatic rings. The molecule has 1 N–H and O–H groups in total. The van der Waals surface area contributed by atoms with Gasteiger partial charge in [0.25, 0.3) is 0 Å². The van der Waals surface area contributed by atoms with Crippen molar-refractivity contribution < 1.29 is 4.79 Å². The van der Waals surface area contributed by atoms with E-state index in [1.165, 1.54) is 5.56 Å². The fourth-order valence-electron chi connectivity index (χ4n) is 2.54. The van der Waals surface area contributed by atoms with Crippen LogP contribution in [-0.4, -0.2) is 37.0 Å². The van der Waals surface area contributed by atoms with Crippen LogP contribution in [0.4, 0.5) is 0 Å². The lowest BCUT2D eigenvalue weighted by Gasteiger charge is -2.16. The molecule has 19 heavy (non-hydrogen) atoms. The first-order chi connectivity index (χ1) is 9.27. The zero-order valence-corrected chi connectivity index (χ0v) is 11.8. The van der Waals surface area contributed by atoms with E-state index in [1.54, 1.807) is 0 Å². The summed E-state index contributed by atoms with van der Waals surface area (Å²) in [6, 6.07) is 10.5. The van der Waals surface area contributed by atoms with Crippen LogP contribution in [0.25, 0.3) is 0 Å². The summed E-state index contributed by atoms with van der Waals surface area (Å²) < 4.78 is 0. The fraction of sp³-hybridized carbons (Fsp3) is 0.562. The van der Waals surface area contributed by atoms with E-state index >= 15 is 0 Å². The van der Waals surface area contributed by atoms with Crippen molar-refractivity contribution in [2.24, 2.45) is 0 Å². The molecule has 3 heteroatoms. The summed E-state index contributed by atoms with van der Waals surface area (Å²) in [6.45, 7) is 5.51. The summed E-state index contributed by atoms with van der Waals surface area (Å²) in [7, 11) is 0. The minimum atomic E-state index is 0.255. The molecule has 1 aliphatic heterocycles. The van der Waals surface area contributed by atoms with Gasteiger partial charge in [0, 0.05) is 13.1 Å². The van der Waals surface area contributed by atoms with Crippen LogP contribution in [0.15, 0.2) is 30.3 Å². The van der Waals surface area contributed by atoms with Crippen LogP contribution in [0.3, 0.4) is 0 Å². The molecule has 3 nitrogen and oxygen atoms in total. The van der Waals surface area contributed by atoms with Gasteiger partial charge in [-0.1, -0.05) is 37.3 Å². The molecule has 1 unspecified atom stereocenters. The topological polar surface area (TPSA) is 32.3 Å². The number of hydrogen-bond acceptors (Lipinski definition) is 2. The summed E-state index contributed by atoms with van der Waals surface area (Å²) >= 11 is 0. The van der Waals surface area contributed by atoms with Gasteiger partial charge in [-0.15, -0.1) is 0 Å². The predicted octanol–water partition coefficient (Wildman–Crippen LogP) is 2.39. The van der Waals surface area contributed by atoms with Crippen LogP contribution in [0.1, 0.15) is 37.7 Å². The Morgan fingerprint density at radius 3 is 2.63 bits per heavy atom. The minimum absolute atomic E-state index is 0.255. The van der Waals surface area contributed by atoms with E-state index in [2.05, 4.69) is 36.5 Å². The van der Waals surface area contributed by atoms with Crippen LogP contribution >= 0.6 is 0 Å². The number of likely N-dealkylation sites (tertiary alicyclic amines) is 1. The Bertz CT molecular complexity index is 385. The van der Waals surface area contributed by atoms with Crippen LogP contribution < -0.4 is 5.32 Å². The molecule has 1 saturated heterocycles. The highest BCUT2D eigenvalue weighted by Crippen LogP contribution is 2.17. The van der Waals surface area contributed by atoms with Crippen molar-refractivity contribution >= 4 is 5.91 Å². The largest absolute Gasteiger partial charge is 0.342 e. The molecule has 0 aromatic heterocycles. The van der Waals surface area contributed by atoms with E-state index < -0.39 is 0 Å². The molecular weight excluding hydrogens is 236 g/mol. The maximum atomic E-state index is 11.8. The minimum Gasteiger partial charge on any atom is -0.342 e. The van der Waals surface area contributed by atoms with Gasteiger partial charge in [0.1, 0.15) is 0 Å². The third kappa shape index (κ3) is 4.35. The maximum absolute atomic E-state index is 11.8. The van der Waals surface area contributed by atoms with Crippen molar-refractivity contribution in [1.29, 1.82) is 0 Å². The molecule has 1 aliphatic rings. The van der Waals surface area contributed by atoms with Gasteiger partial charge < -0.3 is 10.2 Å². The Labute approximate surface area is 116 Å². The second kappa shape index (κ2) is 7.29. The van der Waals surface area contributed by atoms with Crippen molar-refractivity contribution in [2.45, 2.75) is 32.1 Å². The first kappa shape index (κ1) is 14.1. The lowest BCUT2D eigenvalue weighted by atomic mass is 9.98. The number of carbonyl (C=O) groups excluding carboxylic acids is 1. The Hall–Kier alpha value is -1.35. The highest BCUT2D eigenvalue weighted by atomic mass is 16.2. The predicted molar refractivity (Wildman–Crippen MR) is 78.2 cm³/mol.